The van der Waals surface area contributed by atoms with Gasteiger partial charge in [0.05, 0.1) is 0 Å². The van der Waals surface area contributed by atoms with Gasteiger partial charge in [-0.05, 0) is 72.8 Å². The maximum absolute atomic E-state index is 5.44. The van der Waals surface area contributed by atoms with Crippen molar-refractivity contribution in [1.29, 1.82) is 0 Å². The Morgan fingerprint density at radius 1 is 0.800 bits per heavy atom. The molecule has 0 N–H and O–H groups in total. The van der Waals surface area contributed by atoms with E-state index in [9.17, 15) is 0 Å². The highest BCUT2D eigenvalue weighted by Crippen LogP contribution is 2.29. The Hall–Kier alpha value is 0.620. The standard InChI is InChI=1S/C10H22O.C6H3Br3/c1-3-5-7-9-11-10-8-6-4-2;7-4-2-1-3-5(8)6(4)9/h3-10H2,1-2H3;1-3H. The van der Waals surface area contributed by atoms with Gasteiger partial charge in [0.2, 0.25) is 0 Å². The molecule has 0 aliphatic rings. The van der Waals surface area contributed by atoms with Crippen LogP contribution in [0, 0.1) is 0 Å². The lowest BCUT2D eigenvalue weighted by Crippen LogP contribution is -1.96. The van der Waals surface area contributed by atoms with Gasteiger partial charge in [-0.25, -0.2) is 0 Å². The molecule has 1 rings (SSSR count). The summed E-state index contributed by atoms with van der Waals surface area (Å²) in [6.45, 7) is 6.38. The molecule has 0 atom stereocenters. The fourth-order valence-corrected chi connectivity index (χ4v) is 2.75. The van der Waals surface area contributed by atoms with Crippen molar-refractivity contribution in [3.05, 3.63) is 31.6 Å². The van der Waals surface area contributed by atoms with Gasteiger partial charge in [-0.3, -0.25) is 0 Å². The van der Waals surface area contributed by atoms with E-state index in [1.165, 1.54) is 38.5 Å². The lowest BCUT2D eigenvalue weighted by Gasteiger charge is -2.01. The molecule has 1 nitrogen and oxygen atoms in total. The quantitative estimate of drug-likeness (QED) is 0.283. The maximum atomic E-state index is 5.44. The second-order valence-electron chi connectivity index (χ2n) is 4.56. The van der Waals surface area contributed by atoms with Crippen molar-refractivity contribution in [3.8, 4) is 0 Å². The Morgan fingerprint density at radius 2 is 1.25 bits per heavy atom. The first-order valence-electron chi connectivity index (χ1n) is 7.30. The third kappa shape index (κ3) is 11.3. The normalized spacial score (nSPS) is 10.1. The van der Waals surface area contributed by atoms with Crippen LogP contribution in [0.25, 0.3) is 0 Å². The summed E-state index contributed by atoms with van der Waals surface area (Å²) in [5, 5.41) is 0. The van der Waals surface area contributed by atoms with Crippen LogP contribution in [0.3, 0.4) is 0 Å². The Bertz CT molecular complexity index is 314. The second-order valence-corrected chi connectivity index (χ2v) is 7.06. The number of hydrogen-bond donors (Lipinski definition) is 0. The van der Waals surface area contributed by atoms with Crippen molar-refractivity contribution in [2.24, 2.45) is 0 Å². The van der Waals surface area contributed by atoms with E-state index in [0.29, 0.717) is 0 Å². The Balaban J connectivity index is 0.000000367. The highest BCUT2D eigenvalue weighted by molar-refractivity contribution is 9.14. The minimum absolute atomic E-state index is 0.970. The molecule has 1 aromatic carbocycles. The third-order valence-corrected chi connectivity index (χ3v) is 5.93. The molecule has 0 aromatic heterocycles. The van der Waals surface area contributed by atoms with Crippen molar-refractivity contribution in [2.75, 3.05) is 13.2 Å². The van der Waals surface area contributed by atoms with Gasteiger partial charge in [0.15, 0.2) is 0 Å². The summed E-state index contributed by atoms with van der Waals surface area (Å²) in [6.07, 6.45) is 7.68. The van der Waals surface area contributed by atoms with Crippen LogP contribution in [0.1, 0.15) is 52.4 Å². The number of ether oxygens (including phenoxy) is 1. The highest BCUT2D eigenvalue weighted by Gasteiger charge is 1.97. The topological polar surface area (TPSA) is 9.23 Å². The molecule has 0 aliphatic carbocycles. The minimum atomic E-state index is 0.970. The molecule has 0 aliphatic heterocycles. The molecule has 0 radical (unpaired) electrons. The number of halogens is 3. The summed E-state index contributed by atoms with van der Waals surface area (Å²) in [6, 6.07) is 5.93. The van der Waals surface area contributed by atoms with Crippen molar-refractivity contribution in [1.82, 2.24) is 0 Å². The van der Waals surface area contributed by atoms with Crippen molar-refractivity contribution in [3.63, 3.8) is 0 Å². The monoisotopic (exact) mass is 470 g/mol. The van der Waals surface area contributed by atoms with Gasteiger partial charge < -0.3 is 4.74 Å². The van der Waals surface area contributed by atoms with E-state index in [1.807, 2.05) is 18.2 Å². The number of rotatable bonds is 8. The van der Waals surface area contributed by atoms with E-state index in [-0.39, 0.29) is 0 Å². The Labute approximate surface area is 149 Å². The van der Waals surface area contributed by atoms with Gasteiger partial charge in [0, 0.05) is 26.6 Å². The predicted molar refractivity (Wildman–Crippen MR) is 99.4 cm³/mol. The average Bonchev–Trinajstić information content (AvgIpc) is 2.44. The molecular weight excluding hydrogens is 448 g/mol. The second kappa shape index (κ2) is 14.6. The largest absolute Gasteiger partial charge is 0.381 e. The van der Waals surface area contributed by atoms with Crippen molar-refractivity contribution >= 4 is 47.8 Å². The maximum Gasteiger partial charge on any atom is 0.0466 e. The highest BCUT2D eigenvalue weighted by atomic mass is 79.9. The van der Waals surface area contributed by atoms with Gasteiger partial charge in [-0.15, -0.1) is 0 Å². The van der Waals surface area contributed by atoms with Crippen LogP contribution >= 0.6 is 47.8 Å². The van der Waals surface area contributed by atoms with Crippen LogP contribution in [0.15, 0.2) is 31.6 Å². The lowest BCUT2D eigenvalue weighted by atomic mass is 10.2. The van der Waals surface area contributed by atoms with Crippen LogP contribution in [-0.4, -0.2) is 13.2 Å². The van der Waals surface area contributed by atoms with E-state index in [2.05, 4.69) is 61.6 Å². The van der Waals surface area contributed by atoms with Gasteiger partial charge in [0.1, 0.15) is 0 Å². The fourth-order valence-electron chi connectivity index (χ4n) is 1.49. The molecule has 0 bridgehead atoms. The molecule has 116 valence electrons. The van der Waals surface area contributed by atoms with Crippen LogP contribution in [0.4, 0.5) is 0 Å². The van der Waals surface area contributed by atoms with Crippen molar-refractivity contribution < 1.29 is 4.74 Å². The third-order valence-electron chi connectivity index (χ3n) is 2.69. The van der Waals surface area contributed by atoms with E-state index in [0.717, 1.165) is 26.6 Å². The molecule has 0 saturated carbocycles. The van der Waals surface area contributed by atoms with Crippen LogP contribution in [0.2, 0.25) is 0 Å². The van der Waals surface area contributed by atoms with Crippen LogP contribution in [-0.2, 0) is 4.74 Å². The zero-order chi connectivity index (χ0) is 15.2. The van der Waals surface area contributed by atoms with E-state index >= 15 is 0 Å². The van der Waals surface area contributed by atoms with Gasteiger partial charge in [-0.2, -0.15) is 0 Å². The van der Waals surface area contributed by atoms with Gasteiger partial charge in [-0.1, -0.05) is 45.6 Å². The first-order valence-corrected chi connectivity index (χ1v) is 9.68. The fraction of sp³-hybridized carbons (Fsp3) is 0.625. The van der Waals surface area contributed by atoms with E-state index in [1.54, 1.807) is 0 Å². The van der Waals surface area contributed by atoms with Gasteiger partial charge in [0.25, 0.3) is 0 Å². The molecule has 0 saturated heterocycles. The van der Waals surface area contributed by atoms with Crippen molar-refractivity contribution in [2.45, 2.75) is 52.4 Å². The molecule has 1 aromatic rings. The van der Waals surface area contributed by atoms with Crippen LogP contribution in [0.5, 0.6) is 0 Å². The zero-order valence-electron chi connectivity index (χ0n) is 12.4. The molecule has 0 unspecified atom stereocenters. The molecule has 0 spiro atoms. The molecule has 0 heterocycles. The first kappa shape index (κ1) is 20.6. The van der Waals surface area contributed by atoms with Gasteiger partial charge >= 0.3 is 0 Å². The number of benzene rings is 1. The lowest BCUT2D eigenvalue weighted by molar-refractivity contribution is 0.126. The summed E-state index contributed by atoms with van der Waals surface area (Å²) >= 11 is 10.1. The molecule has 0 amide bonds. The zero-order valence-corrected chi connectivity index (χ0v) is 17.2. The number of unbranched alkanes of at least 4 members (excludes halogenated alkanes) is 4. The summed E-state index contributed by atoms with van der Waals surface area (Å²) in [4.78, 5) is 0. The Morgan fingerprint density at radius 3 is 1.60 bits per heavy atom. The predicted octanol–water partition coefficient (Wildman–Crippen LogP) is 7.36. The van der Waals surface area contributed by atoms with E-state index in [4.69, 9.17) is 4.74 Å². The summed E-state index contributed by atoms with van der Waals surface area (Å²) in [5.74, 6) is 0. The SMILES string of the molecule is Brc1cccc(Br)c1Br.CCCCCOCCCCC. The van der Waals surface area contributed by atoms with Crippen LogP contribution < -0.4 is 0 Å². The summed E-state index contributed by atoms with van der Waals surface area (Å²) in [5.41, 5.74) is 0. The Kier molecular flexibility index (Phi) is 15.0. The first-order chi connectivity index (χ1) is 9.63. The van der Waals surface area contributed by atoms with E-state index < -0.39 is 0 Å². The smallest absolute Gasteiger partial charge is 0.0466 e. The summed E-state index contributed by atoms with van der Waals surface area (Å²) in [7, 11) is 0. The molecule has 4 heteroatoms. The average molecular weight is 473 g/mol. The molecular formula is C16H25Br3O. The molecule has 0 fully saturated rings. The summed E-state index contributed by atoms with van der Waals surface area (Å²) < 4.78 is 8.63. The number of hydrogen-bond acceptors (Lipinski definition) is 1. The molecule has 20 heavy (non-hydrogen) atoms. The minimum Gasteiger partial charge on any atom is -0.381 e.